The monoisotopic (exact) mass is 304 g/mol. The van der Waals surface area contributed by atoms with E-state index in [-0.39, 0.29) is 17.8 Å². The molecule has 1 aromatic heterocycles. The summed E-state index contributed by atoms with van der Waals surface area (Å²) in [6.07, 6.45) is 4.98. The Morgan fingerprint density at radius 1 is 1.32 bits per heavy atom. The molecule has 0 atom stereocenters. The first-order chi connectivity index (χ1) is 10.3. The van der Waals surface area contributed by atoms with Gasteiger partial charge in [0.05, 0.1) is 0 Å². The molecule has 120 valence electrons. The molecule has 1 amide bonds. The maximum atomic E-state index is 12.3. The Bertz CT molecular complexity index is 514. The van der Waals surface area contributed by atoms with Gasteiger partial charge >= 0.3 is 6.09 Å². The number of aromatic nitrogens is 1. The third kappa shape index (κ3) is 4.83. The van der Waals surface area contributed by atoms with Gasteiger partial charge in [-0.25, -0.2) is 4.79 Å². The lowest BCUT2D eigenvalue weighted by Crippen LogP contribution is -2.43. The number of ketones is 1. The Balaban J connectivity index is 1.82. The second-order valence-corrected chi connectivity index (χ2v) is 6.75. The first-order valence-electron chi connectivity index (χ1n) is 7.75. The van der Waals surface area contributed by atoms with Crippen LogP contribution in [0.3, 0.4) is 0 Å². The number of piperidine rings is 1. The highest BCUT2D eigenvalue weighted by atomic mass is 16.6. The summed E-state index contributed by atoms with van der Waals surface area (Å²) in [4.78, 5) is 30.0. The lowest BCUT2D eigenvalue weighted by molar-refractivity contribution is -0.123. The Hall–Kier alpha value is -1.91. The molecule has 0 N–H and O–H groups in total. The summed E-state index contributed by atoms with van der Waals surface area (Å²) in [5.41, 5.74) is 0.464. The maximum absolute atomic E-state index is 12.3. The SMILES string of the molecule is CC(C)(C)OC(=O)N1CCC(C(=O)Cc2cccnc2)CC1. The van der Waals surface area contributed by atoms with Crippen molar-refractivity contribution in [2.45, 2.75) is 45.6 Å². The van der Waals surface area contributed by atoms with Crippen LogP contribution in [0.15, 0.2) is 24.5 Å². The predicted octanol–water partition coefficient (Wildman–Crippen LogP) is 2.84. The van der Waals surface area contributed by atoms with E-state index >= 15 is 0 Å². The Kier molecular flexibility index (Phi) is 5.16. The number of nitrogens with zero attached hydrogens (tertiary/aromatic N) is 2. The third-order valence-corrected chi connectivity index (χ3v) is 3.70. The zero-order valence-electron chi connectivity index (χ0n) is 13.5. The van der Waals surface area contributed by atoms with Crippen LogP contribution in [-0.2, 0) is 16.0 Å². The number of hydrogen-bond donors (Lipinski definition) is 0. The standard InChI is InChI=1S/C17H24N2O3/c1-17(2,3)22-16(21)19-9-6-14(7-10-19)15(20)11-13-5-4-8-18-12-13/h4-5,8,12,14H,6-7,9-11H2,1-3H3. The first-order valence-corrected chi connectivity index (χ1v) is 7.75. The lowest BCUT2D eigenvalue weighted by Gasteiger charge is -2.33. The smallest absolute Gasteiger partial charge is 0.410 e. The van der Waals surface area contributed by atoms with E-state index in [1.54, 1.807) is 17.3 Å². The molecule has 5 heteroatoms. The minimum Gasteiger partial charge on any atom is -0.444 e. The summed E-state index contributed by atoms with van der Waals surface area (Å²) in [5, 5.41) is 0. The van der Waals surface area contributed by atoms with E-state index in [1.807, 2.05) is 32.9 Å². The molecule has 1 fully saturated rings. The van der Waals surface area contributed by atoms with E-state index in [4.69, 9.17) is 4.74 Å². The molecule has 0 saturated carbocycles. The molecule has 5 nitrogen and oxygen atoms in total. The molecule has 0 unspecified atom stereocenters. The average molecular weight is 304 g/mol. The quantitative estimate of drug-likeness (QED) is 0.861. The van der Waals surface area contributed by atoms with Crippen molar-refractivity contribution < 1.29 is 14.3 Å². The second kappa shape index (κ2) is 6.90. The van der Waals surface area contributed by atoms with E-state index in [9.17, 15) is 9.59 Å². The number of ether oxygens (including phenoxy) is 1. The van der Waals surface area contributed by atoms with Gasteiger partial charge in [0.15, 0.2) is 0 Å². The summed E-state index contributed by atoms with van der Waals surface area (Å²) in [7, 11) is 0. The highest BCUT2D eigenvalue weighted by molar-refractivity contribution is 5.83. The molecule has 1 aliphatic heterocycles. The Morgan fingerprint density at radius 2 is 2.00 bits per heavy atom. The summed E-state index contributed by atoms with van der Waals surface area (Å²) in [6, 6.07) is 3.76. The molecular formula is C17H24N2O3. The van der Waals surface area contributed by atoms with Crippen LogP contribution >= 0.6 is 0 Å². The van der Waals surface area contributed by atoms with E-state index in [0.717, 1.165) is 5.56 Å². The highest BCUT2D eigenvalue weighted by Crippen LogP contribution is 2.21. The predicted molar refractivity (Wildman–Crippen MR) is 83.5 cm³/mol. The van der Waals surface area contributed by atoms with E-state index < -0.39 is 5.60 Å². The number of Topliss-reactive ketones (excluding diaryl/α,β-unsaturated/α-hetero) is 1. The van der Waals surface area contributed by atoms with Crippen molar-refractivity contribution in [1.82, 2.24) is 9.88 Å². The van der Waals surface area contributed by atoms with E-state index in [0.29, 0.717) is 32.4 Å². The average Bonchev–Trinajstić information content (AvgIpc) is 2.46. The third-order valence-electron chi connectivity index (χ3n) is 3.70. The molecular weight excluding hydrogens is 280 g/mol. The van der Waals surface area contributed by atoms with Gasteiger partial charge in [-0.15, -0.1) is 0 Å². The van der Waals surface area contributed by atoms with Crippen LogP contribution in [0, 0.1) is 5.92 Å². The van der Waals surface area contributed by atoms with Gasteiger partial charge in [-0.2, -0.15) is 0 Å². The molecule has 2 rings (SSSR count). The van der Waals surface area contributed by atoms with Gasteiger partial charge in [-0.1, -0.05) is 6.07 Å². The van der Waals surface area contributed by atoms with Crippen molar-refractivity contribution >= 4 is 11.9 Å². The van der Waals surface area contributed by atoms with Gasteiger partial charge in [0.25, 0.3) is 0 Å². The minimum absolute atomic E-state index is 0.0268. The molecule has 0 aliphatic carbocycles. The maximum Gasteiger partial charge on any atom is 0.410 e. The number of carbonyl (C=O) groups is 2. The number of pyridine rings is 1. The van der Waals surface area contributed by atoms with E-state index in [1.165, 1.54) is 0 Å². The molecule has 0 aromatic carbocycles. The zero-order chi connectivity index (χ0) is 16.2. The highest BCUT2D eigenvalue weighted by Gasteiger charge is 2.29. The van der Waals surface area contributed by atoms with Crippen molar-refractivity contribution in [1.29, 1.82) is 0 Å². The van der Waals surface area contributed by atoms with Crippen molar-refractivity contribution in [2.75, 3.05) is 13.1 Å². The summed E-state index contributed by atoms with van der Waals surface area (Å²) in [6.45, 7) is 6.73. The fraction of sp³-hybridized carbons (Fsp3) is 0.588. The fourth-order valence-corrected chi connectivity index (χ4v) is 2.56. The van der Waals surface area contributed by atoms with Gasteiger partial charge in [-0.3, -0.25) is 9.78 Å². The molecule has 0 spiro atoms. The molecule has 1 saturated heterocycles. The van der Waals surface area contributed by atoms with Crippen LogP contribution in [0.2, 0.25) is 0 Å². The van der Waals surface area contributed by atoms with Gasteiger partial charge < -0.3 is 9.64 Å². The van der Waals surface area contributed by atoms with Crippen molar-refractivity contribution in [2.24, 2.45) is 5.92 Å². The molecule has 2 heterocycles. The molecule has 0 bridgehead atoms. The topological polar surface area (TPSA) is 59.5 Å². The zero-order valence-corrected chi connectivity index (χ0v) is 13.5. The second-order valence-electron chi connectivity index (χ2n) is 6.75. The normalized spacial score (nSPS) is 16.4. The van der Waals surface area contributed by atoms with Crippen LogP contribution in [0.5, 0.6) is 0 Å². The number of carbonyl (C=O) groups excluding carboxylic acids is 2. The van der Waals surface area contributed by atoms with Crippen LogP contribution in [-0.4, -0.2) is 40.5 Å². The minimum atomic E-state index is -0.482. The largest absolute Gasteiger partial charge is 0.444 e. The van der Waals surface area contributed by atoms with E-state index in [2.05, 4.69) is 4.98 Å². The molecule has 1 aromatic rings. The summed E-state index contributed by atoms with van der Waals surface area (Å²) < 4.78 is 5.36. The number of amides is 1. The summed E-state index contributed by atoms with van der Waals surface area (Å²) in [5.74, 6) is 0.260. The Labute approximate surface area is 131 Å². The summed E-state index contributed by atoms with van der Waals surface area (Å²) >= 11 is 0. The lowest BCUT2D eigenvalue weighted by atomic mass is 9.90. The first kappa shape index (κ1) is 16.5. The molecule has 1 aliphatic rings. The number of rotatable bonds is 3. The van der Waals surface area contributed by atoms with Crippen LogP contribution in [0.4, 0.5) is 4.79 Å². The Morgan fingerprint density at radius 3 is 2.55 bits per heavy atom. The van der Waals surface area contributed by atoms with Gasteiger partial charge in [-0.05, 0) is 45.2 Å². The van der Waals surface area contributed by atoms with Gasteiger partial charge in [0, 0.05) is 37.8 Å². The van der Waals surface area contributed by atoms with Crippen molar-refractivity contribution in [3.8, 4) is 0 Å². The van der Waals surface area contributed by atoms with Crippen molar-refractivity contribution in [3.05, 3.63) is 30.1 Å². The molecule has 0 radical (unpaired) electrons. The number of hydrogen-bond acceptors (Lipinski definition) is 4. The fourth-order valence-electron chi connectivity index (χ4n) is 2.56. The number of likely N-dealkylation sites (tertiary alicyclic amines) is 1. The van der Waals surface area contributed by atoms with Crippen molar-refractivity contribution in [3.63, 3.8) is 0 Å². The van der Waals surface area contributed by atoms with Crippen LogP contribution in [0.25, 0.3) is 0 Å². The van der Waals surface area contributed by atoms with Crippen LogP contribution < -0.4 is 0 Å². The van der Waals surface area contributed by atoms with Gasteiger partial charge in [0.1, 0.15) is 11.4 Å². The molecule has 22 heavy (non-hydrogen) atoms. The van der Waals surface area contributed by atoms with Crippen LogP contribution in [0.1, 0.15) is 39.2 Å². The van der Waals surface area contributed by atoms with Gasteiger partial charge in [0.2, 0.25) is 0 Å².